The predicted octanol–water partition coefficient (Wildman–Crippen LogP) is 12.7. The van der Waals surface area contributed by atoms with E-state index in [0.29, 0.717) is 0 Å². The molecule has 0 saturated heterocycles. The average Bonchev–Trinajstić information content (AvgIpc) is 3.49. The van der Waals surface area contributed by atoms with Gasteiger partial charge >= 0.3 is 0 Å². The first-order valence-corrected chi connectivity index (χ1v) is 18.8. The molecule has 0 saturated carbocycles. The van der Waals surface area contributed by atoms with E-state index in [1.807, 2.05) is 0 Å². The number of anilines is 2. The van der Waals surface area contributed by atoms with Gasteiger partial charge in [0.25, 0.3) is 0 Å². The minimum absolute atomic E-state index is 0.506. The van der Waals surface area contributed by atoms with Crippen molar-refractivity contribution in [1.29, 1.82) is 0 Å². The number of hydrogen-bond acceptors (Lipinski definition) is 1. The van der Waals surface area contributed by atoms with Crippen LogP contribution in [-0.2, 0) is 10.8 Å². The van der Waals surface area contributed by atoms with Crippen LogP contribution in [0.15, 0.2) is 188 Å². The van der Waals surface area contributed by atoms with Crippen molar-refractivity contribution in [2.45, 2.75) is 43.4 Å². The van der Waals surface area contributed by atoms with Crippen LogP contribution in [0.4, 0.5) is 11.4 Å². The summed E-state index contributed by atoms with van der Waals surface area (Å²) in [5, 5.41) is 0. The largest absolute Gasteiger partial charge is 0.315 e. The highest BCUT2D eigenvalue weighted by atomic mass is 15.1. The van der Waals surface area contributed by atoms with Crippen molar-refractivity contribution in [3.8, 4) is 11.1 Å². The van der Waals surface area contributed by atoms with Crippen LogP contribution in [-0.4, -0.2) is 0 Å². The van der Waals surface area contributed by atoms with Gasteiger partial charge in [0, 0.05) is 17.1 Å². The molecule has 0 amide bonds. The molecule has 0 bridgehead atoms. The van der Waals surface area contributed by atoms with Crippen molar-refractivity contribution in [2.24, 2.45) is 0 Å². The highest BCUT2D eigenvalue weighted by Gasteiger charge is 2.56. The molecule has 0 aliphatic heterocycles. The molecule has 0 fully saturated rings. The Kier molecular flexibility index (Phi) is 7.18. The lowest BCUT2D eigenvalue weighted by Gasteiger charge is -2.50. The zero-order valence-corrected chi connectivity index (χ0v) is 29.6. The quantitative estimate of drug-likeness (QED) is 0.177. The lowest BCUT2D eigenvalue weighted by molar-refractivity contribution is 0.623. The van der Waals surface area contributed by atoms with Gasteiger partial charge in [-0.25, -0.2) is 0 Å². The highest BCUT2D eigenvalue weighted by molar-refractivity contribution is 5.91. The van der Waals surface area contributed by atoms with E-state index in [-0.39, 0.29) is 0 Å². The second-order valence-corrected chi connectivity index (χ2v) is 14.7. The second-order valence-electron chi connectivity index (χ2n) is 14.7. The number of allylic oxidation sites excluding steroid dienone is 2. The van der Waals surface area contributed by atoms with Gasteiger partial charge in [0.15, 0.2) is 0 Å². The molecule has 1 spiro atoms. The van der Waals surface area contributed by atoms with Crippen molar-refractivity contribution in [3.05, 3.63) is 238 Å². The topological polar surface area (TPSA) is 3.24 Å². The minimum atomic E-state index is -0.518. The maximum atomic E-state index is 2.54. The first-order valence-electron chi connectivity index (χ1n) is 18.8. The number of hydrogen-bond donors (Lipinski definition) is 0. The van der Waals surface area contributed by atoms with Crippen molar-refractivity contribution in [1.82, 2.24) is 0 Å². The summed E-state index contributed by atoms with van der Waals surface area (Å²) in [5.41, 5.74) is 17.4. The van der Waals surface area contributed by atoms with E-state index < -0.39 is 10.8 Å². The molecular weight excluding hydrogens is 627 g/mol. The molecule has 7 aromatic carbocycles. The molecule has 250 valence electrons. The number of rotatable bonds is 5. The average molecular weight is 668 g/mol. The Labute approximate surface area is 307 Å². The van der Waals surface area contributed by atoms with E-state index in [2.05, 4.69) is 194 Å². The Hall–Kier alpha value is -5.92. The molecule has 10 rings (SSSR count). The third-order valence-electron chi connectivity index (χ3n) is 12.0. The Morgan fingerprint density at radius 2 is 0.923 bits per heavy atom. The summed E-state index contributed by atoms with van der Waals surface area (Å²) in [5.74, 6) is 0. The molecule has 0 heterocycles. The van der Waals surface area contributed by atoms with E-state index in [9.17, 15) is 0 Å². The van der Waals surface area contributed by atoms with Crippen LogP contribution in [0.2, 0.25) is 0 Å². The standard InChI is InChI=1S/C51H41N/c1-36-30-32-42-43-33-31-41(52(39-22-10-4-11-23-39)40-24-12-5-13-25-40)35-49(43)51(48(42)34-36)46-28-16-14-26-44(46)50(37-18-6-2-7-19-37,38-20-8-3-9-21-38)45-27-15-17-29-47(45)51/h2-4,6-11,14-24,26-35H,5,12-13,25H2,1H3. The fraction of sp³-hybridized carbons (Fsp3) is 0.137. The summed E-state index contributed by atoms with van der Waals surface area (Å²) in [6.07, 6.45) is 7.15. The molecule has 52 heavy (non-hydrogen) atoms. The summed E-state index contributed by atoms with van der Waals surface area (Å²) < 4.78 is 0. The van der Waals surface area contributed by atoms with E-state index in [0.717, 1.165) is 12.8 Å². The Balaban J connectivity index is 1.34. The van der Waals surface area contributed by atoms with Crippen LogP contribution in [0, 0.1) is 6.92 Å². The van der Waals surface area contributed by atoms with Crippen LogP contribution >= 0.6 is 0 Å². The van der Waals surface area contributed by atoms with E-state index in [4.69, 9.17) is 0 Å². The van der Waals surface area contributed by atoms with Gasteiger partial charge in [0.1, 0.15) is 0 Å². The van der Waals surface area contributed by atoms with Gasteiger partial charge in [-0.2, -0.15) is 0 Å². The van der Waals surface area contributed by atoms with Gasteiger partial charge in [0.2, 0.25) is 0 Å². The fourth-order valence-corrected chi connectivity index (χ4v) is 9.96. The zero-order chi connectivity index (χ0) is 34.7. The first kappa shape index (κ1) is 30.9. The van der Waals surface area contributed by atoms with Crippen LogP contribution in [0.25, 0.3) is 11.1 Å². The Bertz CT molecular complexity index is 2380. The smallest absolute Gasteiger partial charge is 0.0720 e. The molecule has 3 aliphatic rings. The van der Waals surface area contributed by atoms with Crippen LogP contribution in [0.5, 0.6) is 0 Å². The van der Waals surface area contributed by atoms with Crippen molar-refractivity contribution < 1.29 is 0 Å². The van der Waals surface area contributed by atoms with Crippen molar-refractivity contribution in [2.75, 3.05) is 4.90 Å². The fourth-order valence-electron chi connectivity index (χ4n) is 9.96. The first-order chi connectivity index (χ1) is 25.7. The normalized spacial score (nSPS) is 15.9. The number of nitrogens with zero attached hydrogens (tertiary/aromatic N) is 1. The van der Waals surface area contributed by atoms with Crippen LogP contribution in [0.1, 0.15) is 75.8 Å². The SMILES string of the molecule is Cc1ccc2c(c1)C1(c3cc(N(C4=CCCCC4)c4ccccc4)ccc3-2)c2ccccc2C(c2ccccc2)(c2ccccc2)c2ccccc21. The molecule has 0 aromatic heterocycles. The predicted molar refractivity (Wildman–Crippen MR) is 215 cm³/mol. The summed E-state index contributed by atoms with van der Waals surface area (Å²) >= 11 is 0. The molecule has 0 atom stereocenters. The van der Waals surface area contributed by atoms with Crippen molar-refractivity contribution >= 4 is 11.4 Å². The van der Waals surface area contributed by atoms with E-state index in [1.165, 1.54) is 91.1 Å². The monoisotopic (exact) mass is 667 g/mol. The Morgan fingerprint density at radius 1 is 0.423 bits per heavy atom. The highest BCUT2D eigenvalue weighted by Crippen LogP contribution is 2.65. The maximum Gasteiger partial charge on any atom is 0.0720 e. The van der Waals surface area contributed by atoms with Gasteiger partial charge in [-0.1, -0.05) is 163 Å². The third kappa shape index (κ3) is 4.29. The van der Waals surface area contributed by atoms with Crippen molar-refractivity contribution in [3.63, 3.8) is 0 Å². The number of benzene rings is 7. The second kappa shape index (κ2) is 12.1. The molecule has 0 unspecified atom stereocenters. The van der Waals surface area contributed by atoms with Gasteiger partial charge < -0.3 is 4.90 Å². The van der Waals surface area contributed by atoms with Crippen LogP contribution in [0.3, 0.4) is 0 Å². The summed E-state index contributed by atoms with van der Waals surface area (Å²) in [7, 11) is 0. The molecule has 1 heteroatoms. The van der Waals surface area contributed by atoms with Gasteiger partial charge in [-0.15, -0.1) is 0 Å². The molecule has 0 radical (unpaired) electrons. The van der Waals surface area contributed by atoms with E-state index >= 15 is 0 Å². The number of fused-ring (bicyclic) bond motifs is 9. The molecular formula is C51H41N. The maximum absolute atomic E-state index is 2.54. The lowest BCUT2D eigenvalue weighted by atomic mass is 9.51. The Morgan fingerprint density at radius 3 is 1.48 bits per heavy atom. The zero-order valence-electron chi connectivity index (χ0n) is 29.6. The summed E-state index contributed by atoms with van der Waals surface area (Å²) in [6, 6.07) is 66.5. The van der Waals surface area contributed by atoms with E-state index in [1.54, 1.807) is 0 Å². The van der Waals surface area contributed by atoms with Gasteiger partial charge in [-0.05, 0) is 113 Å². The molecule has 3 aliphatic carbocycles. The third-order valence-corrected chi connectivity index (χ3v) is 12.0. The van der Waals surface area contributed by atoms with Gasteiger partial charge in [0.05, 0.1) is 10.8 Å². The van der Waals surface area contributed by atoms with Crippen LogP contribution < -0.4 is 4.90 Å². The number of aryl methyl sites for hydroxylation is 1. The summed E-state index contributed by atoms with van der Waals surface area (Å²) in [6.45, 7) is 2.24. The minimum Gasteiger partial charge on any atom is -0.315 e. The molecule has 0 N–H and O–H groups in total. The molecule has 7 aromatic rings. The van der Waals surface area contributed by atoms with Gasteiger partial charge in [-0.3, -0.25) is 0 Å². The summed E-state index contributed by atoms with van der Waals surface area (Å²) in [4.78, 5) is 2.53. The lowest BCUT2D eigenvalue weighted by Crippen LogP contribution is -2.44. The molecule has 1 nitrogen and oxygen atoms in total. The number of para-hydroxylation sites is 1.